The highest BCUT2D eigenvalue weighted by Crippen LogP contribution is 2.30. The summed E-state index contributed by atoms with van der Waals surface area (Å²) in [5, 5.41) is 1.16. The van der Waals surface area contributed by atoms with Crippen LogP contribution in [0.5, 0.6) is 11.8 Å². The Bertz CT molecular complexity index is 736. The average molecular weight is 397 g/mol. The summed E-state index contributed by atoms with van der Waals surface area (Å²) in [6.07, 6.45) is 4.29. The second-order valence-corrected chi connectivity index (χ2v) is 7.81. The van der Waals surface area contributed by atoms with E-state index in [-0.39, 0.29) is 12.0 Å². The van der Waals surface area contributed by atoms with Crippen molar-refractivity contribution in [3.05, 3.63) is 45.7 Å². The highest BCUT2D eigenvalue weighted by Gasteiger charge is 2.14. The molecule has 0 aliphatic rings. The van der Waals surface area contributed by atoms with Crippen LogP contribution in [-0.4, -0.2) is 22.7 Å². The first-order valence-corrected chi connectivity index (χ1v) is 9.63. The quantitative estimate of drug-likeness (QED) is 0.527. The summed E-state index contributed by atoms with van der Waals surface area (Å²) in [7, 11) is 0. The molecule has 142 valence electrons. The predicted octanol–water partition coefficient (Wildman–Crippen LogP) is 6.27. The first-order chi connectivity index (χ1) is 12.3. The van der Waals surface area contributed by atoms with Gasteiger partial charge >= 0.3 is 0 Å². The lowest BCUT2D eigenvalue weighted by Gasteiger charge is -2.16. The largest absolute Gasteiger partial charge is 0.477 e. The Morgan fingerprint density at radius 2 is 1.65 bits per heavy atom. The van der Waals surface area contributed by atoms with Gasteiger partial charge in [-0.05, 0) is 49.8 Å². The van der Waals surface area contributed by atoms with Gasteiger partial charge in [0.1, 0.15) is 5.02 Å². The molecule has 0 saturated carbocycles. The molecule has 1 atom stereocenters. The molecule has 0 radical (unpaired) electrons. The van der Waals surface area contributed by atoms with Gasteiger partial charge in [-0.25, -0.2) is 9.97 Å². The van der Waals surface area contributed by atoms with Crippen molar-refractivity contribution in [2.45, 2.75) is 59.0 Å². The molecule has 0 spiro atoms. The van der Waals surface area contributed by atoms with E-state index >= 15 is 0 Å². The maximum atomic E-state index is 6.28. The van der Waals surface area contributed by atoms with E-state index in [4.69, 9.17) is 32.7 Å². The lowest BCUT2D eigenvalue weighted by Crippen LogP contribution is -2.09. The Kier molecular flexibility index (Phi) is 7.54. The Balaban J connectivity index is 1.97. The van der Waals surface area contributed by atoms with E-state index < -0.39 is 0 Å². The third-order valence-corrected chi connectivity index (χ3v) is 4.48. The first kappa shape index (κ1) is 20.8. The van der Waals surface area contributed by atoms with Gasteiger partial charge in [0.2, 0.25) is 11.8 Å². The van der Waals surface area contributed by atoms with Crippen molar-refractivity contribution in [1.29, 1.82) is 0 Å². The van der Waals surface area contributed by atoms with Gasteiger partial charge in [0.25, 0.3) is 0 Å². The topological polar surface area (TPSA) is 44.2 Å². The molecular formula is C20H26Cl2N2O2. The van der Waals surface area contributed by atoms with E-state index in [1.807, 2.05) is 32.2 Å². The van der Waals surface area contributed by atoms with E-state index in [2.05, 4.69) is 30.7 Å². The standard InChI is InChI=1S/C20H26Cl2N2O2/c1-12(2)17-9-16(21)11-24-19(17)25-7-6-14(5)15-8-18(22)20(23-10-15)26-13(3)4/h8-14H,6-7H2,1-5H3. The molecule has 6 heteroatoms. The van der Waals surface area contributed by atoms with Crippen LogP contribution in [0.25, 0.3) is 0 Å². The summed E-state index contributed by atoms with van der Waals surface area (Å²) in [4.78, 5) is 8.65. The molecule has 2 heterocycles. The zero-order valence-electron chi connectivity index (χ0n) is 15.9. The molecule has 26 heavy (non-hydrogen) atoms. The van der Waals surface area contributed by atoms with Gasteiger partial charge < -0.3 is 9.47 Å². The third kappa shape index (κ3) is 5.75. The minimum atomic E-state index is 0.0405. The molecular weight excluding hydrogens is 371 g/mol. The summed E-state index contributed by atoms with van der Waals surface area (Å²) >= 11 is 12.3. The molecule has 2 aromatic heterocycles. The lowest BCUT2D eigenvalue weighted by molar-refractivity contribution is 0.232. The van der Waals surface area contributed by atoms with Crippen molar-refractivity contribution in [3.63, 3.8) is 0 Å². The summed E-state index contributed by atoms with van der Waals surface area (Å²) in [5.74, 6) is 1.67. The van der Waals surface area contributed by atoms with Gasteiger partial charge in [-0.3, -0.25) is 0 Å². The Morgan fingerprint density at radius 3 is 2.27 bits per heavy atom. The fourth-order valence-corrected chi connectivity index (χ4v) is 2.88. The predicted molar refractivity (Wildman–Crippen MR) is 107 cm³/mol. The molecule has 0 aromatic carbocycles. The maximum absolute atomic E-state index is 6.28. The van der Waals surface area contributed by atoms with Crippen LogP contribution in [-0.2, 0) is 0 Å². The van der Waals surface area contributed by atoms with Crippen molar-refractivity contribution >= 4 is 23.2 Å². The zero-order valence-corrected chi connectivity index (χ0v) is 17.4. The summed E-state index contributed by atoms with van der Waals surface area (Å²) in [6.45, 7) is 10.8. The average Bonchev–Trinajstić information content (AvgIpc) is 2.57. The fourth-order valence-electron chi connectivity index (χ4n) is 2.50. The Labute approximate surface area is 165 Å². The van der Waals surface area contributed by atoms with E-state index in [0.29, 0.717) is 34.3 Å². The SMILES string of the molecule is CC(C)Oc1ncc(C(C)CCOc2ncc(Cl)cc2C(C)C)cc1Cl. The van der Waals surface area contributed by atoms with Crippen LogP contribution in [0.15, 0.2) is 24.5 Å². The third-order valence-electron chi connectivity index (χ3n) is 4.00. The second kappa shape index (κ2) is 9.43. The highest BCUT2D eigenvalue weighted by molar-refractivity contribution is 6.31. The highest BCUT2D eigenvalue weighted by atomic mass is 35.5. The summed E-state index contributed by atoms with van der Waals surface area (Å²) < 4.78 is 11.5. The number of rotatable bonds is 8. The minimum Gasteiger partial charge on any atom is -0.477 e. The van der Waals surface area contributed by atoms with Gasteiger partial charge in [-0.15, -0.1) is 0 Å². The normalized spacial score (nSPS) is 12.5. The maximum Gasteiger partial charge on any atom is 0.232 e. The Hall–Kier alpha value is -1.52. The number of pyridine rings is 2. The van der Waals surface area contributed by atoms with Crippen molar-refractivity contribution in [1.82, 2.24) is 9.97 Å². The molecule has 2 rings (SSSR count). The number of aromatic nitrogens is 2. The minimum absolute atomic E-state index is 0.0405. The summed E-state index contributed by atoms with van der Waals surface area (Å²) in [6, 6.07) is 3.83. The molecule has 1 unspecified atom stereocenters. The molecule has 4 nitrogen and oxygen atoms in total. The Morgan fingerprint density at radius 1 is 0.962 bits per heavy atom. The molecule has 0 bridgehead atoms. The molecule has 0 saturated heterocycles. The van der Waals surface area contributed by atoms with Crippen LogP contribution in [0.4, 0.5) is 0 Å². The molecule has 0 aliphatic carbocycles. The van der Waals surface area contributed by atoms with Crippen LogP contribution in [0.2, 0.25) is 10.0 Å². The van der Waals surface area contributed by atoms with Gasteiger partial charge in [0.05, 0.1) is 17.7 Å². The number of halogens is 2. The number of hydrogen-bond donors (Lipinski definition) is 0. The molecule has 0 amide bonds. The zero-order chi connectivity index (χ0) is 19.3. The number of ether oxygens (including phenoxy) is 2. The van der Waals surface area contributed by atoms with E-state index in [1.54, 1.807) is 6.20 Å². The summed E-state index contributed by atoms with van der Waals surface area (Å²) in [5.41, 5.74) is 2.08. The lowest BCUT2D eigenvalue weighted by atomic mass is 10.00. The van der Waals surface area contributed by atoms with Crippen molar-refractivity contribution in [2.24, 2.45) is 0 Å². The van der Waals surface area contributed by atoms with E-state index in [0.717, 1.165) is 17.5 Å². The number of hydrogen-bond acceptors (Lipinski definition) is 4. The smallest absolute Gasteiger partial charge is 0.232 e. The molecule has 0 N–H and O–H groups in total. The van der Waals surface area contributed by atoms with Gasteiger partial charge in [-0.1, -0.05) is 44.0 Å². The van der Waals surface area contributed by atoms with Crippen LogP contribution in [0.3, 0.4) is 0 Å². The van der Waals surface area contributed by atoms with Crippen molar-refractivity contribution in [2.75, 3.05) is 6.61 Å². The van der Waals surface area contributed by atoms with Crippen LogP contribution in [0.1, 0.15) is 64.0 Å². The van der Waals surface area contributed by atoms with Crippen molar-refractivity contribution in [3.8, 4) is 11.8 Å². The monoisotopic (exact) mass is 396 g/mol. The van der Waals surface area contributed by atoms with Crippen LogP contribution in [0, 0.1) is 0 Å². The van der Waals surface area contributed by atoms with Crippen LogP contribution < -0.4 is 9.47 Å². The molecule has 0 aliphatic heterocycles. The first-order valence-electron chi connectivity index (χ1n) is 8.88. The van der Waals surface area contributed by atoms with Crippen LogP contribution >= 0.6 is 23.2 Å². The van der Waals surface area contributed by atoms with Crippen molar-refractivity contribution < 1.29 is 9.47 Å². The number of nitrogens with zero attached hydrogens (tertiary/aromatic N) is 2. The molecule has 0 fully saturated rings. The van der Waals surface area contributed by atoms with E-state index in [9.17, 15) is 0 Å². The second-order valence-electron chi connectivity index (χ2n) is 6.96. The fraction of sp³-hybridized carbons (Fsp3) is 0.500. The van der Waals surface area contributed by atoms with E-state index in [1.165, 1.54) is 0 Å². The van der Waals surface area contributed by atoms with Gasteiger partial charge in [0.15, 0.2) is 0 Å². The van der Waals surface area contributed by atoms with Gasteiger partial charge in [-0.2, -0.15) is 0 Å². The molecule has 2 aromatic rings. The van der Waals surface area contributed by atoms with Gasteiger partial charge in [0, 0.05) is 18.0 Å².